The predicted molar refractivity (Wildman–Crippen MR) is 120 cm³/mol. The highest BCUT2D eigenvalue weighted by Crippen LogP contribution is 2.21. The van der Waals surface area contributed by atoms with Gasteiger partial charge in [0.1, 0.15) is 5.75 Å². The normalized spacial score (nSPS) is 11.7. The number of primary amides is 1. The van der Waals surface area contributed by atoms with Crippen LogP contribution in [0, 0.1) is 0 Å². The average molecular weight is 405 g/mol. The van der Waals surface area contributed by atoms with Crippen molar-refractivity contribution in [3.8, 4) is 5.75 Å². The number of carbonyl (C=O) groups excluding carboxylic acids is 2. The second-order valence-electron chi connectivity index (χ2n) is 7.23. The molecule has 0 aromatic heterocycles. The van der Waals surface area contributed by atoms with Gasteiger partial charge in [-0.1, -0.05) is 36.4 Å². The Kier molecular flexibility index (Phi) is 6.91. The van der Waals surface area contributed by atoms with E-state index in [0.29, 0.717) is 6.54 Å². The van der Waals surface area contributed by atoms with Crippen LogP contribution in [0.25, 0.3) is 10.8 Å². The van der Waals surface area contributed by atoms with Crippen LogP contribution in [0.5, 0.6) is 5.75 Å². The largest absolute Gasteiger partial charge is 0.497 e. The zero-order valence-electron chi connectivity index (χ0n) is 17.3. The molecule has 0 aliphatic carbocycles. The number of nitrogens with one attached hydrogen (secondary N) is 1. The van der Waals surface area contributed by atoms with Crippen molar-refractivity contribution in [2.75, 3.05) is 25.1 Å². The third kappa shape index (κ3) is 5.50. The number of rotatable bonds is 9. The maximum Gasteiger partial charge on any atom is 0.239 e. The molecule has 6 heteroatoms. The predicted octanol–water partition coefficient (Wildman–Crippen LogP) is 3.41. The summed E-state index contributed by atoms with van der Waals surface area (Å²) in [6, 6.07) is 21.5. The van der Waals surface area contributed by atoms with Gasteiger partial charge in [0.05, 0.1) is 19.7 Å². The summed E-state index contributed by atoms with van der Waals surface area (Å²) < 4.78 is 5.19. The molecule has 2 amide bonds. The van der Waals surface area contributed by atoms with E-state index in [4.69, 9.17) is 10.5 Å². The fourth-order valence-corrected chi connectivity index (χ4v) is 3.36. The SMILES string of the molecule is COc1ccc(N(CCC(N)=O)CC(=O)NC(C)c2ccc3ccccc3c2)cc1. The summed E-state index contributed by atoms with van der Waals surface area (Å²) in [6.07, 6.45) is 0.166. The average Bonchev–Trinajstić information content (AvgIpc) is 2.76. The summed E-state index contributed by atoms with van der Waals surface area (Å²) in [5.41, 5.74) is 7.17. The molecule has 0 aliphatic heterocycles. The molecule has 0 spiro atoms. The van der Waals surface area contributed by atoms with Crippen LogP contribution in [0.2, 0.25) is 0 Å². The lowest BCUT2D eigenvalue weighted by molar-refractivity contribution is -0.121. The van der Waals surface area contributed by atoms with Gasteiger partial charge in [-0.15, -0.1) is 0 Å². The molecule has 1 unspecified atom stereocenters. The monoisotopic (exact) mass is 405 g/mol. The molecule has 0 saturated heterocycles. The molecule has 156 valence electrons. The Morgan fingerprint density at radius 2 is 1.73 bits per heavy atom. The lowest BCUT2D eigenvalue weighted by Gasteiger charge is -2.25. The third-order valence-corrected chi connectivity index (χ3v) is 5.05. The number of nitrogens with zero attached hydrogens (tertiary/aromatic N) is 1. The number of methoxy groups -OCH3 is 1. The number of benzene rings is 3. The van der Waals surface area contributed by atoms with Crippen molar-refractivity contribution in [1.82, 2.24) is 5.32 Å². The summed E-state index contributed by atoms with van der Waals surface area (Å²) in [5.74, 6) is 0.192. The third-order valence-electron chi connectivity index (χ3n) is 5.05. The van der Waals surface area contributed by atoms with Gasteiger partial charge in [-0.3, -0.25) is 9.59 Å². The van der Waals surface area contributed by atoms with Gasteiger partial charge >= 0.3 is 0 Å². The molecular weight excluding hydrogens is 378 g/mol. The quantitative estimate of drug-likeness (QED) is 0.571. The molecule has 0 aliphatic rings. The van der Waals surface area contributed by atoms with Crippen molar-refractivity contribution in [2.45, 2.75) is 19.4 Å². The van der Waals surface area contributed by atoms with Gasteiger partial charge in [-0.05, 0) is 53.6 Å². The Balaban J connectivity index is 1.69. The summed E-state index contributed by atoms with van der Waals surface area (Å²) >= 11 is 0. The number of ether oxygens (including phenoxy) is 1. The van der Waals surface area contributed by atoms with Gasteiger partial charge in [0, 0.05) is 18.7 Å². The topological polar surface area (TPSA) is 84.7 Å². The number of fused-ring (bicyclic) bond motifs is 1. The highest BCUT2D eigenvalue weighted by atomic mass is 16.5. The van der Waals surface area contributed by atoms with Crippen LogP contribution in [-0.2, 0) is 9.59 Å². The van der Waals surface area contributed by atoms with Crippen molar-refractivity contribution in [3.05, 3.63) is 72.3 Å². The van der Waals surface area contributed by atoms with E-state index >= 15 is 0 Å². The molecule has 6 nitrogen and oxygen atoms in total. The second-order valence-corrected chi connectivity index (χ2v) is 7.23. The van der Waals surface area contributed by atoms with Crippen LogP contribution in [0.15, 0.2) is 66.7 Å². The van der Waals surface area contributed by atoms with E-state index < -0.39 is 5.91 Å². The van der Waals surface area contributed by atoms with Crippen molar-refractivity contribution in [2.24, 2.45) is 5.73 Å². The van der Waals surface area contributed by atoms with Crippen LogP contribution in [-0.4, -0.2) is 32.0 Å². The molecule has 1 atom stereocenters. The molecule has 3 N–H and O–H groups in total. The smallest absolute Gasteiger partial charge is 0.239 e. The Bertz CT molecular complexity index is 1020. The Morgan fingerprint density at radius 3 is 2.40 bits per heavy atom. The molecular formula is C24H27N3O3. The maximum atomic E-state index is 12.7. The first kappa shape index (κ1) is 21.2. The fraction of sp³-hybridized carbons (Fsp3) is 0.250. The first-order valence-electron chi connectivity index (χ1n) is 9.91. The van der Waals surface area contributed by atoms with Crippen molar-refractivity contribution in [3.63, 3.8) is 0 Å². The molecule has 0 fully saturated rings. The Morgan fingerprint density at radius 1 is 1.03 bits per heavy atom. The van der Waals surface area contributed by atoms with Crippen molar-refractivity contribution in [1.29, 1.82) is 0 Å². The number of anilines is 1. The van der Waals surface area contributed by atoms with Gasteiger partial charge in [-0.25, -0.2) is 0 Å². The molecule has 0 saturated carbocycles. The highest BCUT2D eigenvalue weighted by molar-refractivity contribution is 5.84. The second kappa shape index (κ2) is 9.78. The molecule has 3 rings (SSSR count). The number of nitrogens with two attached hydrogens (primary N) is 1. The van der Waals surface area contributed by atoms with E-state index in [1.807, 2.05) is 54.3 Å². The lowest BCUT2D eigenvalue weighted by Crippen LogP contribution is -2.39. The van der Waals surface area contributed by atoms with E-state index in [-0.39, 0.29) is 24.9 Å². The minimum atomic E-state index is -0.404. The summed E-state index contributed by atoms with van der Waals surface area (Å²) in [7, 11) is 1.60. The van der Waals surface area contributed by atoms with Crippen LogP contribution < -0.4 is 20.7 Å². The Hall–Kier alpha value is -3.54. The number of hydrogen-bond donors (Lipinski definition) is 2. The number of hydrogen-bond acceptors (Lipinski definition) is 4. The van der Waals surface area contributed by atoms with E-state index in [9.17, 15) is 9.59 Å². The fourth-order valence-electron chi connectivity index (χ4n) is 3.36. The molecule has 0 heterocycles. The highest BCUT2D eigenvalue weighted by Gasteiger charge is 2.16. The molecule has 3 aromatic rings. The van der Waals surface area contributed by atoms with Crippen molar-refractivity contribution >= 4 is 28.3 Å². The van der Waals surface area contributed by atoms with Gasteiger partial charge < -0.3 is 20.7 Å². The number of carbonyl (C=O) groups is 2. The summed E-state index contributed by atoms with van der Waals surface area (Å²) in [4.78, 5) is 25.9. The lowest BCUT2D eigenvalue weighted by atomic mass is 10.0. The first-order valence-corrected chi connectivity index (χ1v) is 9.91. The summed E-state index contributed by atoms with van der Waals surface area (Å²) in [5, 5.41) is 5.35. The Labute approximate surface area is 176 Å². The van der Waals surface area contributed by atoms with E-state index in [2.05, 4.69) is 29.6 Å². The van der Waals surface area contributed by atoms with Gasteiger partial charge in [0.2, 0.25) is 11.8 Å². The van der Waals surface area contributed by atoms with Gasteiger partial charge in [-0.2, -0.15) is 0 Å². The zero-order chi connectivity index (χ0) is 21.5. The standard InChI is InChI=1S/C24H27N3O3/c1-17(19-8-7-18-5-3-4-6-20(18)15-19)26-24(29)16-27(14-13-23(25)28)21-9-11-22(30-2)12-10-21/h3-12,15,17H,13-14,16H2,1-2H3,(H2,25,28)(H,26,29). The molecule has 0 bridgehead atoms. The zero-order valence-corrected chi connectivity index (χ0v) is 17.3. The minimum absolute atomic E-state index is 0.123. The maximum absolute atomic E-state index is 12.7. The summed E-state index contributed by atoms with van der Waals surface area (Å²) in [6.45, 7) is 2.44. The van der Waals surface area contributed by atoms with Crippen molar-refractivity contribution < 1.29 is 14.3 Å². The van der Waals surface area contributed by atoms with E-state index in [0.717, 1.165) is 27.8 Å². The van der Waals surface area contributed by atoms with Crippen LogP contribution in [0.4, 0.5) is 5.69 Å². The van der Waals surface area contributed by atoms with Gasteiger partial charge in [0.25, 0.3) is 0 Å². The van der Waals surface area contributed by atoms with Crippen LogP contribution in [0.1, 0.15) is 24.9 Å². The van der Waals surface area contributed by atoms with Gasteiger partial charge in [0.15, 0.2) is 0 Å². The minimum Gasteiger partial charge on any atom is -0.497 e. The molecule has 0 radical (unpaired) electrons. The van der Waals surface area contributed by atoms with E-state index in [1.54, 1.807) is 7.11 Å². The number of amides is 2. The first-order chi connectivity index (χ1) is 14.5. The molecule has 30 heavy (non-hydrogen) atoms. The molecule has 3 aromatic carbocycles. The van der Waals surface area contributed by atoms with Crippen LogP contribution >= 0.6 is 0 Å². The van der Waals surface area contributed by atoms with E-state index in [1.165, 1.54) is 0 Å². The van der Waals surface area contributed by atoms with Crippen LogP contribution in [0.3, 0.4) is 0 Å².